The summed E-state index contributed by atoms with van der Waals surface area (Å²) in [6.07, 6.45) is -0.517. The van der Waals surface area contributed by atoms with Crippen LogP contribution in [0, 0.1) is 17.3 Å². The van der Waals surface area contributed by atoms with Gasteiger partial charge in [-0.15, -0.1) is 0 Å². The topological polar surface area (TPSA) is 107 Å². The van der Waals surface area contributed by atoms with Crippen LogP contribution < -0.4 is 16.8 Å². The molecule has 186 valence electrons. The smallest absolute Gasteiger partial charge is 0.403 e. The SMILES string of the molecule is CN1CCN(Cc2ccc(NCS/C(C#Cc3cnc(N)c(C=N)c3)=C\N)cc2C(F)(F)F)CC1. The first-order valence-corrected chi connectivity index (χ1v) is 11.9. The van der Waals surface area contributed by atoms with Crippen LogP contribution in [0.2, 0.25) is 0 Å². The molecule has 2 aromatic rings. The average molecular weight is 504 g/mol. The van der Waals surface area contributed by atoms with E-state index in [2.05, 4.69) is 27.0 Å². The van der Waals surface area contributed by atoms with Gasteiger partial charge in [0, 0.05) is 68.1 Å². The molecule has 1 aliphatic heterocycles. The van der Waals surface area contributed by atoms with Gasteiger partial charge in [-0.2, -0.15) is 13.2 Å². The molecule has 0 bridgehead atoms. The zero-order valence-electron chi connectivity index (χ0n) is 19.3. The highest BCUT2D eigenvalue weighted by atomic mass is 32.2. The fourth-order valence-corrected chi connectivity index (χ4v) is 4.08. The zero-order chi connectivity index (χ0) is 25.4. The molecule has 3 rings (SSSR count). The molecule has 0 radical (unpaired) electrons. The maximum absolute atomic E-state index is 13.8. The minimum atomic E-state index is -4.44. The molecule has 2 heterocycles. The van der Waals surface area contributed by atoms with E-state index in [-0.39, 0.29) is 23.8 Å². The number of allylic oxidation sites excluding steroid dienone is 1. The van der Waals surface area contributed by atoms with E-state index in [4.69, 9.17) is 16.9 Å². The van der Waals surface area contributed by atoms with Gasteiger partial charge in [0.25, 0.3) is 0 Å². The van der Waals surface area contributed by atoms with Gasteiger partial charge in [0.15, 0.2) is 0 Å². The third-order valence-corrected chi connectivity index (χ3v) is 6.33. The summed E-state index contributed by atoms with van der Waals surface area (Å²) in [6.45, 7) is 3.45. The van der Waals surface area contributed by atoms with E-state index in [1.54, 1.807) is 18.2 Å². The number of aromatic nitrogens is 1. The Morgan fingerprint density at radius 1 is 1.26 bits per heavy atom. The van der Waals surface area contributed by atoms with Crippen molar-refractivity contribution in [3.05, 3.63) is 63.8 Å². The molecule has 0 unspecified atom stereocenters. The molecule has 1 aromatic heterocycles. The summed E-state index contributed by atoms with van der Waals surface area (Å²) in [7, 11) is 2.01. The molecule has 1 fully saturated rings. The summed E-state index contributed by atoms with van der Waals surface area (Å²) in [4.78, 5) is 8.74. The maximum atomic E-state index is 13.8. The van der Waals surface area contributed by atoms with E-state index in [0.29, 0.717) is 21.7 Å². The second-order valence-electron chi connectivity index (χ2n) is 8.04. The predicted octanol–water partition coefficient (Wildman–Crippen LogP) is 3.38. The largest absolute Gasteiger partial charge is 0.416 e. The first kappa shape index (κ1) is 26.4. The summed E-state index contributed by atoms with van der Waals surface area (Å²) in [5, 5.41) is 10.3. The molecule has 1 aliphatic rings. The van der Waals surface area contributed by atoms with Crippen LogP contribution in [-0.4, -0.2) is 60.1 Å². The number of nitrogens with two attached hydrogens (primary N) is 2. The zero-order valence-corrected chi connectivity index (χ0v) is 20.1. The number of nitrogens with zero attached hydrogens (tertiary/aromatic N) is 3. The molecule has 1 saturated heterocycles. The number of rotatable bonds is 7. The van der Waals surface area contributed by atoms with Crippen molar-refractivity contribution in [1.82, 2.24) is 14.8 Å². The van der Waals surface area contributed by atoms with Crippen LogP contribution in [0.25, 0.3) is 0 Å². The summed E-state index contributed by atoms with van der Waals surface area (Å²) in [6, 6.07) is 6.00. The Balaban J connectivity index is 1.63. The molecule has 7 nitrogen and oxygen atoms in total. The van der Waals surface area contributed by atoms with Crippen molar-refractivity contribution >= 4 is 29.5 Å². The van der Waals surface area contributed by atoms with Crippen LogP contribution >= 0.6 is 11.8 Å². The number of hydrogen-bond acceptors (Lipinski definition) is 8. The third kappa shape index (κ3) is 7.65. The Kier molecular flexibility index (Phi) is 9.03. The van der Waals surface area contributed by atoms with Crippen LogP contribution in [0.4, 0.5) is 24.7 Å². The minimum Gasteiger partial charge on any atom is -0.403 e. The van der Waals surface area contributed by atoms with Crippen molar-refractivity contribution in [2.75, 3.05) is 50.2 Å². The van der Waals surface area contributed by atoms with E-state index in [1.807, 2.05) is 11.9 Å². The number of nitrogens with one attached hydrogen (secondary N) is 2. The molecule has 0 amide bonds. The number of pyridine rings is 1. The van der Waals surface area contributed by atoms with Crippen LogP contribution in [0.1, 0.15) is 22.3 Å². The van der Waals surface area contributed by atoms with Crippen LogP contribution in [0.3, 0.4) is 0 Å². The fourth-order valence-electron chi connectivity index (χ4n) is 3.47. The molecule has 0 aliphatic carbocycles. The van der Waals surface area contributed by atoms with E-state index >= 15 is 0 Å². The predicted molar refractivity (Wildman–Crippen MR) is 136 cm³/mol. The van der Waals surface area contributed by atoms with Crippen molar-refractivity contribution in [2.45, 2.75) is 12.7 Å². The number of likely N-dealkylation sites (N-methyl/N-ethyl adjacent to an activating group) is 1. The standard InChI is InChI=1S/C24H28F3N7S/c1-33-6-8-34(9-7-33)15-18-3-4-20(11-22(18)24(25,26)27)32-16-35-21(13-29)5-2-17-10-19(12-28)23(30)31-14-17/h3-4,10-14,28,32H,6-9,15-16,29H2,1H3,(H2,30,31)/b21-13-,28-12?. The van der Waals surface area contributed by atoms with Crippen molar-refractivity contribution in [3.63, 3.8) is 0 Å². The van der Waals surface area contributed by atoms with Gasteiger partial charge in [-0.1, -0.05) is 29.7 Å². The number of nitrogen functional groups attached to an aromatic ring is 1. The Morgan fingerprint density at radius 2 is 2.00 bits per heavy atom. The van der Waals surface area contributed by atoms with Crippen LogP contribution in [-0.2, 0) is 12.7 Å². The third-order valence-electron chi connectivity index (χ3n) is 5.50. The van der Waals surface area contributed by atoms with Crippen molar-refractivity contribution in [3.8, 4) is 11.8 Å². The summed E-state index contributed by atoms with van der Waals surface area (Å²) < 4.78 is 41.3. The lowest BCUT2D eigenvalue weighted by molar-refractivity contribution is -0.138. The highest BCUT2D eigenvalue weighted by Gasteiger charge is 2.34. The monoisotopic (exact) mass is 503 g/mol. The summed E-state index contributed by atoms with van der Waals surface area (Å²) in [5.74, 6) is 6.32. The first-order chi connectivity index (χ1) is 16.7. The molecular weight excluding hydrogens is 475 g/mol. The number of piperazine rings is 1. The molecule has 6 N–H and O–H groups in total. The van der Waals surface area contributed by atoms with Crippen molar-refractivity contribution in [2.24, 2.45) is 5.73 Å². The molecular formula is C24H28F3N7S. The number of alkyl halides is 3. The average Bonchev–Trinajstić information content (AvgIpc) is 2.83. The van der Waals surface area contributed by atoms with Crippen molar-refractivity contribution < 1.29 is 13.2 Å². The second-order valence-corrected chi connectivity index (χ2v) is 9.06. The van der Waals surface area contributed by atoms with Gasteiger partial charge < -0.3 is 27.1 Å². The molecule has 0 saturated carbocycles. The van der Waals surface area contributed by atoms with Crippen LogP contribution in [0.15, 0.2) is 41.6 Å². The molecule has 0 spiro atoms. The quantitative estimate of drug-likeness (QED) is 0.261. The second kappa shape index (κ2) is 12.0. The lowest BCUT2D eigenvalue weighted by Gasteiger charge is -2.33. The number of anilines is 2. The Morgan fingerprint density at radius 3 is 2.66 bits per heavy atom. The van der Waals surface area contributed by atoms with Gasteiger partial charge in [-0.25, -0.2) is 4.98 Å². The molecule has 11 heteroatoms. The van der Waals surface area contributed by atoms with Gasteiger partial charge in [-0.05, 0) is 30.8 Å². The minimum absolute atomic E-state index is 0.242. The maximum Gasteiger partial charge on any atom is 0.416 e. The van der Waals surface area contributed by atoms with E-state index in [9.17, 15) is 13.2 Å². The van der Waals surface area contributed by atoms with E-state index < -0.39 is 11.7 Å². The summed E-state index contributed by atoms with van der Waals surface area (Å²) in [5.41, 5.74) is 12.4. The number of thioether (sulfide) groups is 1. The number of benzene rings is 1. The van der Waals surface area contributed by atoms with Gasteiger partial charge in [0.2, 0.25) is 0 Å². The van der Waals surface area contributed by atoms with Gasteiger partial charge in [-0.3, -0.25) is 4.90 Å². The highest BCUT2D eigenvalue weighted by molar-refractivity contribution is 8.03. The molecule has 0 atom stereocenters. The Bertz CT molecular complexity index is 1130. The first-order valence-electron chi connectivity index (χ1n) is 10.9. The lowest BCUT2D eigenvalue weighted by atomic mass is 10.0. The molecule has 35 heavy (non-hydrogen) atoms. The molecule has 1 aromatic carbocycles. The number of halogens is 3. The van der Waals surface area contributed by atoms with E-state index in [0.717, 1.165) is 38.5 Å². The normalized spacial score (nSPS) is 15.4. The van der Waals surface area contributed by atoms with Crippen LogP contribution in [0.5, 0.6) is 0 Å². The summed E-state index contributed by atoms with van der Waals surface area (Å²) >= 11 is 1.26. The van der Waals surface area contributed by atoms with E-state index in [1.165, 1.54) is 24.2 Å². The van der Waals surface area contributed by atoms with Gasteiger partial charge in [0.05, 0.1) is 16.3 Å². The lowest BCUT2D eigenvalue weighted by Crippen LogP contribution is -2.44. The Labute approximate surface area is 207 Å². The van der Waals surface area contributed by atoms with Crippen molar-refractivity contribution in [1.29, 1.82) is 5.41 Å². The fraction of sp³-hybridized carbons (Fsp3) is 0.333. The van der Waals surface area contributed by atoms with Gasteiger partial charge >= 0.3 is 6.18 Å². The number of hydrogen-bond donors (Lipinski definition) is 4. The van der Waals surface area contributed by atoms with Gasteiger partial charge in [0.1, 0.15) is 5.82 Å². The highest BCUT2D eigenvalue weighted by Crippen LogP contribution is 2.34. The Hall–Kier alpha value is -3.20.